The zero-order valence-corrected chi connectivity index (χ0v) is 13.8. The molecule has 7 heteroatoms. The Morgan fingerprint density at radius 3 is 2.42 bits per heavy atom. The fraction of sp³-hybridized carbons (Fsp3) is 0.353. The standard InChI is InChI=1S/C17H22N2O5/c1-4-19-16(21)14(18)10-12-5-7-13(8-6-12)24-15(20)9-11(2)17(22)23-3/h5-8,14H,2,4,9-10,18H2,1,3H3,(H,19,21). The van der Waals surface area contributed by atoms with Gasteiger partial charge in [-0.25, -0.2) is 4.79 Å². The van der Waals surface area contributed by atoms with E-state index in [9.17, 15) is 14.4 Å². The van der Waals surface area contributed by atoms with E-state index in [0.29, 0.717) is 18.7 Å². The number of methoxy groups -OCH3 is 1. The van der Waals surface area contributed by atoms with Crippen molar-refractivity contribution in [2.75, 3.05) is 13.7 Å². The lowest BCUT2D eigenvalue weighted by Gasteiger charge is -2.11. The molecule has 0 fully saturated rings. The molecule has 0 aromatic heterocycles. The van der Waals surface area contributed by atoms with Gasteiger partial charge in [-0.3, -0.25) is 9.59 Å². The highest BCUT2D eigenvalue weighted by Gasteiger charge is 2.15. The number of rotatable bonds is 8. The Hall–Kier alpha value is -2.67. The molecule has 0 aliphatic carbocycles. The van der Waals surface area contributed by atoms with Gasteiger partial charge in [0.15, 0.2) is 0 Å². The second-order valence-corrected chi connectivity index (χ2v) is 5.10. The first-order valence-corrected chi connectivity index (χ1v) is 7.46. The predicted molar refractivity (Wildman–Crippen MR) is 88.2 cm³/mol. The number of benzene rings is 1. The van der Waals surface area contributed by atoms with E-state index >= 15 is 0 Å². The van der Waals surface area contributed by atoms with Crippen LogP contribution in [0.1, 0.15) is 18.9 Å². The molecule has 0 aliphatic heterocycles. The third-order valence-electron chi connectivity index (χ3n) is 3.13. The molecular weight excluding hydrogens is 312 g/mol. The van der Waals surface area contributed by atoms with E-state index in [-0.39, 0.29) is 17.9 Å². The van der Waals surface area contributed by atoms with E-state index in [1.807, 2.05) is 6.92 Å². The lowest BCUT2D eigenvalue weighted by atomic mass is 10.1. The third-order valence-corrected chi connectivity index (χ3v) is 3.13. The number of esters is 2. The monoisotopic (exact) mass is 334 g/mol. The Labute approximate surface area is 140 Å². The van der Waals surface area contributed by atoms with Crippen LogP contribution in [-0.4, -0.2) is 37.5 Å². The van der Waals surface area contributed by atoms with E-state index in [0.717, 1.165) is 5.56 Å². The smallest absolute Gasteiger partial charge is 0.333 e. The molecule has 0 saturated heterocycles. The zero-order chi connectivity index (χ0) is 18.1. The molecule has 24 heavy (non-hydrogen) atoms. The summed E-state index contributed by atoms with van der Waals surface area (Å²) in [5.74, 6) is -1.15. The van der Waals surface area contributed by atoms with Crippen molar-refractivity contribution in [3.63, 3.8) is 0 Å². The molecule has 0 saturated carbocycles. The van der Waals surface area contributed by atoms with E-state index in [1.165, 1.54) is 7.11 Å². The van der Waals surface area contributed by atoms with Crippen molar-refractivity contribution >= 4 is 17.8 Å². The molecule has 7 nitrogen and oxygen atoms in total. The highest BCUT2D eigenvalue weighted by molar-refractivity contribution is 5.93. The molecule has 0 aliphatic rings. The Balaban J connectivity index is 2.55. The van der Waals surface area contributed by atoms with Gasteiger partial charge in [-0.15, -0.1) is 0 Å². The molecular formula is C17H22N2O5. The summed E-state index contributed by atoms with van der Waals surface area (Å²) in [7, 11) is 1.21. The number of likely N-dealkylation sites (N-methyl/N-ethyl adjacent to an activating group) is 1. The lowest BCUT2D eigenvalue weighted by Crippen LogP contribution is -2.41. The Morgan fingerprint density at radius 1 is 1.25 bits per heavy atom. The van der Waals surface area contributed by atoms with Gasteiger partial charge in [-0.05, 0) is 31.0 Å². The average Bonchev–Trinajstić information content (AvgIpc) is 2.55. The van der Waals surface area contributed by atoms with Crippen LogP contribution >= 0.6 is 0 Å². The number of ether oxygens (including phenoxy) is 2. The average molecular weight is 334 g/mol. The number of hydrogen-bond acceptors (Lipinski definition) is 6. The number of carbonyl (C=O) groups excluding carboxylic acids is 3. The van der Waals surface area contributed by atoms with Crippen LogP contribution in [-0.2, 0) is 25.5 Å². The van der Waals surface area contributed by atoms with Crippen LogP contribution in [0.3, 0.4) is 0 Å². The summed E-state index contributed by atoms with van der Waals surface area (Å²) in [6.45, 7) is 5.81. The van der Waals surface area contributed by atoms with Crippen LogP contribution in [0, 0.1) is 0 Å². The maximum Gasteiger partial charge on any atom is 0.333 e. The maximum atomic E-state index is 11.7. The third kappa shape index (κ3) is 6.21. The van der Waals surface area contributed by atoms with Crippen molar-refractivity contribution in [2.45, 2.75) is 25.8 Å². The van der Waals surface area contributed by atoms with Crippen molar-refractivity contribution in [1.29, 1.82) is 0 Å². The highest BCUT2D eigenvalue weighted by atomic mass is 16.5. The number of carbonyl (C=O) groups is 3. The van der Waals surface area contributed by atoms with Gasteiger partial charge >= 0.3 is 11.9 Å². The summed E-state index contributed by atoms with van der Waals surface area (Å²) < 4.78 is 9.57. The van der Waals surface area contributed by atoms with E-state index in [2.05, 4.69) is 16.6 Å². The highest BCUT2D eigenvalue weighted by Crippen LogP contribution is 2.15. The second-order valence-electron chi connectivity index (χ2n) is 5.10. The van der Waals surface area contributed by atoms with Crippen LogP contribution < -0.4 is 15.8 Å². The topological polar surface area (TPSA) is 108 Å². The first kappa shape index (κ1) is 19.4. The quantitative estimate of drug-likeness (QED) is 0.412. The minimum Gasteiger partial charge on any atom is -0.466 e. The fourth-order valence-electron chi connectivity index (χ4n) is 1.90. The molecule has 3 N–H and O–H groups in total. The van der Waals surface area contributed by atoms with Crippen molar-refractivity contribution < 1.29 is 23.9 Å². The van der Waals surface area contributed by atoms with E-state index < -0.39 is 18.0 Å². The molecule has 1 unspecified atom stereocenters. The van der Waals surface area contributed by atoms with Crippen LogP contribution in [0.5, 0.6) is 5.75 Å². The van der Waals surface area contributed by atoms with Gasteiger partial charge in [-0.2, -0.15) is 0 Å². The molecule has 1 atom stereocenters. The summed E-state index contributed by atoms with van der Waals surface area (Å²) in [5.41, 5.74) is 6.66. The maximum absolute atomic E-state index is 11.7. The summed E-state index contributed by atoms with van der Waals surface area (Å²) in [5, 5.41) is 2.66. The van der Waals surface area contributed by atoms with Gasteiger partial charge in [0.25, 0.3) is 0 Å². The minimum absolute atomic E-state index is 0.0204. The van der Waals surface area contributed by atoms with Gasteiger partial charge in [0, 0.05) is 12.1 Å². The van der Waals surface area contributed by atoms with Gasteiger partial charge < -0.3 is 20.5 Å². The van der Waals surface area contributed by atoms with E-state index in [4.69, 9.17) is 10.5 Å². The first-order chi connectivity index (χ1) is 11.4. The zero-order valence-electron chi connectivity index (χ0n) is 13.8. The molecule has 1 aromatic carbocycles. The first-order valence-electron chi connectivity index (χ1n) is 7.46. The number of nitrogens with one attached hydrogen (secondary N) is 1. The van der Waals surface area contributed by atoms with Crippen molar-refractivity contribution in [2.24, 2.45) is 5.73 Å². The molecule has 0 heterocycles. The fourth-order valence-corrected chi connectivity index (χ4v) is 1.90. The molecule has 0 radical (unpaired) electrons. The normalized spacial score (nSPS) is 11.3. The van der Waals surface area contributed by atoms with Crippen LogP contribution in [0.4, 0.5) is 0 Å². The Kier molecular flexibility index (Phi) is 7.64. The minimum atomic E-state index is -0.651. The second kappa shape index (κ2) is 9.46. The Morgan fingerprint density at radius 2 is 1.88 bits per heavy atom. The summed E-state index contributed by atoms with van der Waals surface area (Å²) >= 11 is 0. The number of nitrogens with two attached hydrogens (primary N) is 1. The van der Waals surface area contributed by atoms with Gasteiger partial charge in [0.05, 0.1) is 19.6 Å². The summed E-state index contributed by atoms with van der Waals surface area (Å²) in [6, 6.07) is 5.99. The Bertz CT molecular complexity index is 610. The number of amides is 1. The van der Waals surface area contributed by atoms with E-state index in [1.54, 1.807) is 24.3 Å². The van der Waals surface area contributed by atoms with Crippen LogP contribution in [0.15, 0.2) is 36.4 Å². The van der Waals surface area contributed by atoms with Crippen molar-refractivity contribution in [1.82, 2.24) is 5.32 Å². The molecule has 130 valence electrons. The molecule has 1 amide bonds. The van der Waals surface area contributed by atoms with Crippen molar-refractivity contribution in [3.05, 3.63) is 42.0 Å². The van der Waals surface area contributed by atoms with Gasteiger partial charge in [-0.1, -0.05) is 18.7 Å². The summed E-state index contributed by atoms with van der Waals surface area (Å²) in [4.78, 5) is 34.5. The number of hydrogen-bond donors (Lipinski definition) is 2. The summed E-state index contributed by atoms with van der Waals surface area (Å²) in [6.07, 6.45) is 0.121. The lowest BCUT2D eigenvalue weighted by molar-refractivity contribution is -0.139. The van der Waals surface area contributed by atoms with Crippen LogP contribution in [0.25, 0.3) is 0 Å². The molecule has 1 aromatic rings. The van der Waals surface area contributed by atoms with Gasteiger partial charge in [0.1, 0.15) is 5.75 Å². The molecule has 0 spiro atoms. The van der Waals surface area contributed by atoms with Crippen LogP contribution in [0.2, 0.25) is 0 Å². The molecule has 1 rings (SSSR count). The van der Waals surface area contributed by atoms with Gasteiger partial charge in [0.2, 0.25) is 5.91 Å². The molecule has 0 bridgehead atoms. The largest absolute Gasteiger partial charge is 0.466 e. The predicted octanol–water partition coefficient (Wildman–Crippen LogP) is 0.717. The SMILES string of the molecule is C=C(CC(=O)Oc1ccc(CC(N)C(=O)NCC)cc1)C(=O)OC. The van der Waals surface area contributed by atoms with Crippen molar-refractivity contribution in [3.8, 4) is 5.75 Å².